The first kappa shape index (κ1) is 17.5. The molecule has 126 valence electrons. The summed E-state index contributed by atoms with van der Waals surface area (Å²) in [5, 5.41) is 0. The highest BCUT2D eigenvalue weighted by Crippen LogP contribution is 2.31. The second-order valence-corrected chi connectivity index (χ2v) is 6.20. The topological polar surface area (TPSA) is 61.8 Å². The van der Waals surface area contributed by atoms with E-state index in [0.29, 0.717) is 11.5 Å². The fourth-order valence-electron chi connectivity index (χ4n) is 2.11. The third-order valence-corrected chi connectivity index (χ3v) is 3.33. The lowest BCUT2D eigenvalue weighted by molar-refractivity contribution is -0.156. The van der Waals surface area contributed by atoms with Crippen molar-refractivity contribution in [2.24, 2.45) is 0 Å². The van der Waals surface area contributed by atoms with Gasteiger partial charge in [0.2, 0.25) is 0 Å². The average Bonchev–Trinajstić information content (AvgIpc) is 2.55. The van der Waals surface area contributed by atoms with Gasteiger partial charge in [-0.1, -0.05) is 39.0 Å². The SMILES string of the molecule is COc1ccc(OC(=O)C(=O)Oc2ccccc2C(C)(C)C)cc1. The quantitative estimate of drug-likeness (QED) is 0.490. The molecule has 2 aromatic carbocycles. The highest BCUT2D eigenvalue weighted by Gasteiger charge is 2.24. The van der Waals surface area contributed by atoms with E-state index in [1.54, 1.807) is 24.3 Å². The molecule has 0 aliphatic carbocycles. The molecule has 0 fully saturated rings. The van der Waals surface area contributed by atoms with E-state index in [-0.39, 0.29) is 11.2 Å². The number of benzene rings is 2. The van der Waals surface area contributed by atoms with Crippen LogP contribution in [0.25, 0.3) is 0 Å². The lowest BCUT2D eigenvalue weighted by Crippen LogP contribution is -2.26. The molecule has 0 saturated carbocycles. The molecule has 0 radical (unpaired) electrons. The van der Waals surface area contributed by atoms with Crippen molar-refractivity contribution < 1.29 is 23.8 Å². The summed E-state index contributed by atoms with van der Waals surface area (Å²) in [5.74, 6) is -0.939. The van der Waals surface area contributed by atoms with E-state index in [4.69, 9.17) is 14.2 Å². The van der Waals surface area contributed by atoms with E-state index in [1.807, 2.05) is 32.9 Å². The van der Waals surface area contributed by atoms with Crippen molar-refractivity contribution in [1.82, 2.24) is 0 Å². The normalized spacial score (nSPS) is 10.8. The Morgan fingerprint density at radius 3 is 1.92 bits per heavy atom. The molecule has 0 heterocycles. The summed E-state index contributed by atoms with van der Waals surface area (Å²) in [6.45, 7) is 5.99. The van der Waals surface area contributed by atoms with Gasteiger partial charge in [-0.3, -0.25) is 0 Å². The molecule has 0 amide bonds. The Hall–Kier alpha value is -2.82. The van der Waals surface area contributed by atoms with Crippen molar-refractivity contribution in [3.8, 4) is 17.2 Å². The summed E-state index contributed by atoms with van der Waals surface area (Å²) in [6, 6.07) is 13.4. The molecular formula is C19H20O5. The van der Waals surface area contributed by atoms with Gasteiger partial charge in [-0.25, -0.2) is 9.59 Å². The maximum absolute atomic E-state index is 12.0. The maximum atomic E-state index is 12.0. The van der Waals surface area contributed by atoms with Crippen molar-refractivity contribution in [1.29, 1.82) is 0 Å². The summed E-state index contributed by atoms with van der Waals surface area (Å²) < 4.78 is 15.2. The Labute approximate surface area is 141 Å². The zero-order chi connectivity index (χ0) is 17.7. The van der Waals surface area contributed by atoms with Crippen LogP contribution in [0.15, 0.2) is 48.5 Å². The number of carbonyl (C=O) groups excluding carboxylic acids is 2. The van der Waals surface area contributed by atoms with Gasteiger partial charge in [0.15, 0.2) is 0 Å². The largest absolute Gasteiger partial charge is 0.497 e. The lowest BCUT2D eigenvalue weighted by atomic mass is 9.86. The Kier molecular flexibility index (Phi) is 5.24. The molecule has 2 aromatic rings. The summed E-state index contributed by atoms with van der Waals surface area (Å²) >= 11 is 0. The zero-order valence-electron chi connectivity index (χ0n) is 14.2. The Morgan fingerprint density at radius 1 is 0.792 bits per heavy atom. The number of esters is 2. The minimum absolute atomic E-state index is 0.225. The minimum atomic E-state index is -1.08. The first-order valence-electron chi connectivity index (χ1n) is 7.49. The van der Waals surface area contributed by atoms with Crippen LogP contribution in [0, 0.1) is 0 Å². The molecule has 2 rings (SSSR count). The van der Waals surface area contributed by atoms with Crippen LogP contribution in [0.5, 0.6) is 17.2 Å². The average molecular weight is 328 g/mol. The highest BCUT2D eigenvalue weighted by atomic mass is 16.6. The van der Waals surface area contributed by atoms with Crippen LogP contribution in [0.3, 0.4) is 0 Å². The first-order valence-corrected chi connectivity index (χ1v) is 7.49. The molecule has 0 aliphatic rings. The van der Waals surface area contributed by atoms with Crippen LogP contribution in [0.4, 0.5) is 0 Å². The smallest absolute Gasteiger partial charge is 0.423 e. The Bertz CT molecular complexity index is 726. The van der Waals surface area contributed by atoms with Gasteiger partial charge in [-0.15, -0.1) is 0 Å². The second kappa shape index (κ2) is 7.17. The van der Waals surface area contributed by atoms with Gasteiger partial charge in [-0.05, 0) is 35.7 Å². The Morgan fingerprint density at radius 2 is 1.33 bits per heavy atom. The van der Waals surface area contributed by atoms with Crippen molar-refractivity contribution in [3.63, 3.8) is 0 Å². The zero-order valence-corrected chi connectivity index (χ0v) is 14.2. The number of ether oxygens (including phenoxy) is 3. The molecule has 0 aliphatic heterocycles. The van der Waals surface area contributed by atoms with E-state index >= 15 is 0 Å². The van der Waals surface area contributed by atoms with Crippen molar-refractivity contribution >= 4 is 11.9 Å². The summed E-state index contributed by atoms with van der Waals surface area (Å²) in [6.07, 6.45) is 0. The number of carbonyl (C=O) groups is 2. The van der Waals surface area contributed by atoms with E-state index in [9.17, 15) is 9.59 Å². The van der Waals surface area contributed by atoms with E-state index in [0.717, 1.165) is 5.56 Å². The van der Waals surface area contributed by atoms with Gasteiger partial charge >= 0.3 is 11.9 Å². The number of hydrogen-bond donors (Lipinski definition) is 0. The number of methoxy groups -OCH3 is 1. The standard InChI is InChI=1S/C19H20O5/c1-19(2,3)15-7-5-6-8-16(15)24-18(21)17(20)23-14-11-9-13(22-4)10-12-14/h5-12H,1-4H3. The van der Waals surface area contributed by atoms with Gasteiger partial charge in [0.05, 0.1) is 7.11 Å². The monoisotopic (exact) mass is 328 g/mol. The predicted octanol–water partition coefficient (Wildman–Crippen LogP) is 3.50. The summed E-state index contributed by atoms with van der Waals surface area (Å²) in [4.78, 5) is 23.9. The molecule has 0 atom stereocenters. The highest BCUT2D eigenvalue weighted by molar-refractivity contribution is 6.31. The molecule has 0 unspecified atom stereocenters. The fourth-order valence-corrected chi connectivity index (χ4v) is 2.11. The molecule has 5 nitrogen and oxygen atoms in total. The van der Waals surface area contributed by atoms with Crippen LogP contribution < -0.4 is 14.2 Å². The van der Waals surface area contributed by atoms with Gasteiger partial charge < -0.3 is 14.2 Å². The molecule has 0 spiro atoms. The third-order valence-electron chi connectivity index (χ3n) is 3.33. The van der Waals surface area contributed by atoms with Crippen LogP contribution in [0.2, 0.25) is 0 Å². The van der Waals surface area contributed by atoms with Crippen molar-refractivity contribution in [2.45, 2.75) is 26.2 Å². The van der Waals surface area contributed by atoms with Crippen LogP contribution in [0.1, 0.15) is 26.3 Å². The molecule has 0 N–H and O–H groups in total. The second-order valence-electron chi connectivity index (χ2n) is 6.20. The van der Waals surface area contributed by atoms with Crippen LogP contribution >= 0.6 is 0 Å². The van der Waals surface area contributed by atoms with Gasteiger partial charge in [-0.2, -0.15) is 0 Å². The van der Waals surface area contributed by atoms with Gasteiger partial charge in [0, 0.05) is 5.56 Å². The number of rotatable bonds is 3. The minimum Gasteiger partial charge on any atom is -0.497 e. The van der Waals surface area contributed by atoms with Gasteiger partial charge in [0.1, 0.15) is 17.2 Å². The van der Waals surface area contributed by atoms with Crippen LogP contribution in [-0.2, 0) is 15.0 Å². The fraction of sp³-hybridized carbons (Fsp3) is 0.263. The molecular weight excluding hydrogens is 308 g/mol. The summed E-state index contributed by atoms with van der Waals surface area (Å²) in [5.41, 5.74) is 0.604. The van der Waals surface area contributed by atoms with Crippen LogP contribution in [-0.4, -0.2) is 19.0 Å². The van der Waals surface area contributed by atoms with Crippen molar-refractivity contribution in [3.05, 3.63) is 54.1 Å². The maximum Gasteiger partial charge on any atom is 0.423 e. The summed E-state index contributed by atoms with van der Waals surface area (Å²) in [7, 11) is 1.53. The molecule has 24 heavy (non-hydrogen) atoms. The molecule has 5 heteroatoms. The number of para-hydroxylation sites is 1. The lowest BCUT2D eigenvalue weighted by Gasteiger charge is -2.21. The molecule has 0 saturated heterocycles. The van der Waals surface area contributed by atoms with Gasteiger partial charge in [0.25, 0.3) is 0 Å². The van der Waals surface area contributed by atoms with E-state index in [2.05, 4.69) is 0 Å². The van der Waals surface area contributed by atoms with E-state index < -0.39 is 11.9 Å². The number of hydrogen-bond acceptors (Lipinski definition) is 5. The third kappa shape index (κ3) is 4.35. The molecule has 0 bridgehead atoms. The van der Waals surface area contributed by atoms with Crippen molar-refractivity contribution in [2.75, 3.05) is 7.11 Å². The molecule has 0 aromatic heterocycles. The first-order chi connectivity index (χ1) is 11.3. The Balaban J connectivity index is 2.08. The van der Waals surface area contributed by atoms with E-state index in [1.165, 1.54) is 19.2 Å². The predicted molar refractivity (Wildman–Crippen MR) is 89.4 cm³/mol.